The molecule has 2 N–H and O–H groups in total. The van der Waals surface area contributed by atoms with E-state index in [1.54, 1.807) is 0 Å². The van der Waals surface area contributed by atoms with Gasteiger partial charge in [-0.1, -0.05) is 38.7 Å². The second-order valence-corrected chi connectivity index (χ2v) is 3.52. The number of hydrogen-bond donors (Lipinski definition) is 1. The van der Waals surface area contributed by atoms with Crippen molar-refractivity contribution >= 4 is 5.91 Å². The average molecular weight is 183 g/mol. The smallest absolute Gasteiger partial charge is 0.218 e. The van der Waals surface area contributed by atoms with Gasteiger partial charge in [-0.25, -0.2) is 0 Å². The Morgan fingerprint density at radius 3 is 2.62 bits per heavy atom. The predicted molar refractivity (Wildman–Crippen MR) is 56.3 cm³/mol. The van der Waals surface area contributed by atoms with Gasteiger partial charge in [0.1, 0.15) is 0 Å². The minimum Gasteiger partial charge on any atom is -0.370 e. The molecule has 0 aromatic carbocycles. The van der Waals surface area contributed by atoms with Gasteiger partial charge >= 0.3 is 0 Å². The summed E-state index contributed by atoms with van der Waals surface area (Å²) < 4.78 is 0. The quantitative estimate of drug-likeness (QED) is 0.456. The van der Waals surface area contributed by atoms with Crippen LogP contribution in [-0.4, -0.2) is 5.91 Å². The number of hydrogen-bond acceptors (Lipinski definition) is 1. The fourth-order valence-corrected chi connectivity index (χ4v) is 1.39. The van der Waals surface area contributed by atoms with E-state index in [4.69, 9.17) is 5.73 Å². The lowest BCUT2D eigenvalue weighted by Gasteiger charge is -2.09. The molecule has 1 amide bonds. The number of unbranched alkanes of at least 4 members (excludes halogenated alkanes) is 3. The van der Waals surface area contributed by atoms with Gasteiger partial charge in [0.05, 0.1) is 0 Å². The number of carbonyl (C=O) groups is 1. The summed E-state index contributed by atoms with van der Waals surface area (Å²) in [6.07, 6.45) is 8.30. The Balaban J connectivity index is 3.48. The molecule has 0 heterocycles. The van der Waals surface area contributed by atoms with E-state index in [9.17, 15) is 4.79 Å². The third kappa shape index (κ3) is 7.57. The molecule has 0 aliphatic rings. The van der Waals surface area contributed by atoms with Crippen LogP contribution in [-0.2, 0) is 4.79 Å². The molecule has 0 bridgehead atoms. The van der Waals surface area contributed by atoms with Gasteiger partial charge in [-0.3, -0.25) is 4.79 Å². The molecule has 0 aromatic rings. The second kappa shape index (κ2) is 7.84. The number of allylic oxidation sites excluding steroid dienone is 1. The zero-order chi connectivity index (χ0) is 10.1. The standard InChI is InChI=1S/C11H21NO/c1-3-5-6-7-8-10(4-2)9-11(12)13/h4,10H,2-3,5-9H2,1H3,(H2,12,13). The topological polar surface area (TPSA) is 43.1 Å². The van der Waals surface area contributed by atoms with Crippen LogP contribution in [0, 0.1) is 5.92 Å². The predicted octanol–water partition coefficient (Wildman–Crippen LogP) is 2.63. The maximum Gasteiger partial charge on any atom is 0.218 e. The van der Waals surface area contributed by atoms with Crippen molar-refractivity contribution in [1.82, 2.24) is 0 Å². The molecular weight excluding hydrogens is 162 g/mol. The normalized spacial score (nSPS) is 12.4. The van der Waals surface area contributed by atoms with Gasteiger partial charge in [0.25, 0.3) is 0 Å². The Kier molecular flexibility index (Phi) is 7.36. The Morgan fingerprint density at radius 2 is 2.15 bits per heavy atom. The fraction of sp³-hybridized carbons (Fsp3) is 0.727. The van der Waals surface area contributed by atoms with Crippen molar-refractivity contribution in [1.29, 1.82) is 0 Å². The van der Waals surface area contributed by atoms with Crippen LogP contribution in [0.3, 0.4) is 0 Å². The molecule has 0 rings (SSSR count). The first-order chi connectivity index (χ1) is 6.20. The Labute approximate surface area is 81.2 Å². The van der Waals surface area contributed by atoms with Gasteiger partial charge in [0.2, 0.25) is 5.91 Å². The van der Waals surface area contributed by atoms with Crippen LogP contribution < -0.4 is 5.73 Å². The summed E-state index contributed by atoms with van der Waals surface area (Å²) in [7, 11) is 0. The maximum atomic E-state index is 10.6. The van der Waals surface area contributed by atoms with Gasteiger partial charge in [0.15, 0.2) is 0 Å². The highest BCUT2D eigenvalue weighted by molar-refractivity contribution is 5.74. The summed E-state index contributed by atoms with van der Waals surface area (Å²) in [5.74, 6) is 0.0646. The van der Waals surface area contributed by atoms with E-state index in [1.807, 2.05) is 6.08 Å². The van der Waals surface area contributed by atoms with Crippen molar-refractivity contribution in [2.75, 3.05) is 0 Å². The van der Waals surface area contributed by atoms with Crippen molar-refractivity contribution in [3.63, 3.8) is 0 Å². The van der Waals surface area contributed by atoms with Gasteiger partial charge in [-0.2, -0.15) is 0 Å². The molecule has 0 fully saturated rings. The summed E-state index contributed by atoms with van der Waals surface area (Å²) in [4.78, 5) is 10.6. The Hall–Kier alpha value is -0.790. The van der Waals surface area contributed by atoms with Crippen LogP contribution in [0.5, 0.6) is 0 Å². The molecule has 0 saturated heterocycles. The van der Waals surface area contributed by atoms with Crippen LogP contribution in [0.1, 0.15) is 45.4 Å². The highest BCUT2D eigenvalue weighted by Gasteiger charge is 2.06. The summed E-state index contributed by atoms with van der Waals surface area (Å²) >= 11 is 0. The largest absolute Gasteiger partial charge is 0.370 e. The van der Waals surface area contributed by atoms with Crippen molar-refractivity contribution in [3.8, 4) is 0 Å². The van der Waals surface area contributed by atoms with Crippen molar-refractivity contribution < 1.29 is 4.79 Å². The number of amides is 1. The highest BCUT2D eigenvalue weighted by atomic mass is 16.1. The zero-order valence-corrected chi connectivity index (χ0v) is 8.59. The maximum absolute atomic E-state index is 10.6. The molecule has 0 radical (unpaired) electrons. The highest BCUT2D eigenvalue weighted by Crippen LogP contribution is 2.14. The average Bonchev–Trinajstić information content (AvgIpc) is 2.09. The molecule has 0 aliphatic heterocycles. The van der Waals surface area contributed by atoms with Crippen molar-refractivity contribution in [2.24, 2.45) is 11.7 Å². The molecule has 0 spiro atoms. The first kappa shape index (κ1) is 12.2. The molecule has 0 saturated carbocycles. The van der Waals surface area contributed by atoms with E-state index in [1.165, 1.54) is 25.7 Å². The minimum absolute atomic E-state index is 0.222. The molecular formula is C11H21NO. The van der Waals surface area contributed by atoms with E-state index < -0.39 is 0 Å². The Bertz CT molecular complexity index is 154. The lowest BCUT2D eigenvalue weighted by atomic mass is 9.97. The van der Waals surface area contributed by atoms with Crippen LogP contribution in [0.4, 0.5) is 0 Å². The second-order valence-electron chi connectivity index (χ2n) is 3.52. The van der Waals surface area contributed by atoms with Crippen LogP contribution >= 0.6 is 0 Å². The third-order valence-corrected chi connectivity index (χ3v) is 2.23. The summed E-state index contributed by atoms with van der Waals surface area (Å²) in [5, 5.41) is 0. The van der Waals surface area contributed by atoms with Crippen LogP contribution in [0.25, 0.3) is 0 Å². The molecule has 76 valence electrons. The lowest BCUT2D eigenvalue weighted by Crippen LogP contribution is -2.15. The van der Waals surface area contributed by atoms with E-state index in [2.05, 4.69) is 13.5 Å². The van der Waals surface area contributed by atoms with Crippen molar-refractivity contribution in [3.05, 3.63) is 12.7 Å². The van der Waals surface area contributed by atoms with Crippen LogP contribution in [0.2, 0.25) is 0 Å². The van der Waals surface area contributed by atoms with Crippen molar-refractivity contribution in [2.45, 2.75) is 45.4 Å². The first-order valence-electron chi connectivity index (χ1n) is 5.11. The molecule has 2 heteroatoms. The molecule has 2 nitrogen and oxygen atoms in total. The summed E-state index contributed by atoms with van der Waals surface area (Å²) in [6, 6.07) is 0. The number of nitrogens with two attached hydrogens (primary N) is 1. The van der Waals surface area contributed by atoms with E-state index in [-0.39, 0.29) is 11.8 Å². The monoisotopic (exact) mass is 183 g/mol. The van der Waals surface area contributed by atoms with E-state index in [0.717, 1.165) is 6.42 Å². The third-order valence-electron chi connectivity index (χ3n) is 2.23. The summed E-state index contributed by atoms with van der Waals surface area (Å²) in [6.45, 7) is 5.89. The van der Waals surface area contributed by atoms with Gasteiger partial charge < -0.3 is 5.73 Å². The molecule has 13 heavy (non-hydrogen) atoms. The number of rotatable bonds is 8. The molecule has 1 atom stereocenters. The Morgan fingerprint density at radius 1 is 1.46 bits per heavy atom. The van der Waals surface area contributed by atoms with Crippen LogP contribution in [0.15, 0.2) is 12.7 Å². The lowest BCUT2D eigenvalue weighted by molar-refractivity contribution is -0.118. The van der Waals surface area contributed by atoms with Gasteiger partial charge in [0, 0.05) is 6.42 Å². The number of primary amides is 1. The van der Waals surface area contributed by atoms with Gasteiger partial charge in [-0.05, 0) is 12.3 Å². The SMILES string of the molecule is C=CC(CCCCCC)CC(N)=O. The van der Waals surface area contributed by atoms with E-state index >= 15 is 0 Å². The first-order valence-corrected chi connectivity index (χ1v) is 5.11. The number of carbonyl (C=O) groups excluding carboxylic acids is 1. The fourth-order valence-electron chi connectivity index (χ4n) is 1.39. The summed E-state index contributed by atoms with van der Waals surface area (Å²) in [5.41, 5.74) is 5.11. The zero-order valence-electron chi connectivity index (χ0n) is 8.59. The van der Waals surface area contributed by atoms with Gasteiger partial charge in [-0.15, -0.1) is 6.58 Å². The molecule has 1 unspecified atom stereocenters. The minimum atomic E-state index is -0.222. The molecule has 0 aliphatic carbocycles. The van der Waals surface area contributed by atoms with E-state index in [0.29, 0.717) is 6.42 Å². The molecule has 0 aromatic heterocycles.